The van der Waals surface area contributed by atoms with Gasteiger partial charge in [0.05, 0.1) is 12.8 Å². The fourth-order valence-corrected chi connectivity index (χ4v) is 2.65. The Morgan fingerprint density at radius 3 is 2.32 bits per heavy atom. The predicted octanol–water partition coefficient (Wildman–Crippen LogP) is 4.65. The van der Waals surface area contributed by atoms with Crippen LogP contribution in [-0.4, -0.2) is 31.8 Å². The molecule has 0 unspecified atom stereocenters. The van der Waals surface area contributed by atoms with Crippen molar-refractivity contribution in [1.82, 2.24) is 5.32 Å². The second kappa shape index (κ2) is 8.97. The lowest BCUT2D eigenvalue weighted by Crippen LogP contribution is -2.32. The largest absolute Gasteiger partial charge is 0.495 e. The number of nitrogens with zero attached hydrogens (tertiary/aromatic N) is 1. The number of hydrogen-bond donors (Lipinski definition) is 1. The number of methoxy groups -OCH3 is 1. The maximum absolute atomic E-state index is 12.8. The van der Waals surface area contributed by atoms with Crippen molar-refractivity contribution in [2.45, 2.75) is 32.9 Å². The number of carbonyl (C=O) groups excluding carboxylic acids is 2. The topological polar surface area (TPSA) is 67.9 Å². The van der Waals surface area contributed by atoms with Crippen LogP contribution >= 0.6 is 11.6 Å². The first-order valence-corrected chi connectivity index (χ1v) is 9.16. The van der Waals surface area contributed by atoms with Gasteiger partial charge in [-0.25, -0.2) is 4.79 Å². The minimum absolute atomic E-state index is 0.202. The molecule has 0 heterocycles. The molecule has 0 bridgehead atoms. The molecule has 0 fully saturated rings. The van der Waals surface area contributed by atoms with Gasteiger partial charge in [-0.2, -0.15) is 0 Å². The second-order valence-corrected chi connectivity index (χ2v) is 7.67. The van der Waals surface area contributed by atoms with E-state index in [-0.39, 0.29) is 5.91 Å². The zero-order chi connectivity index (χ0) is 20.9. The smallest absolute Gasteiger partial charge is 0.407 e. The first kappa shape index (κ1) is 21.6. The molecular formula is C21H25ClN2O4. The molecule has 28 heavy (non-hydrogen) atoms. The van der Waals surface area contributed by atoms with Crippen molar-refractivity contribution in [3.63, 3.8) is 0 Å². The molecule has 2 amide bonds. The first-order chi connectivity index (χ1) is 13.1. The number of benzene rings is 2. The van der Waals surface area contributed by atoms with Crippen LogP contribution in [0.2, 0.25) is 5.02 Å². The van der Waals surface area contributed by atoms with Crippen LogP contribution in [0.15, 0.2) is 42.5 Å². The van der Waals surface area contributed by atoms with E-state index in [2.05, 4.69) is 5.32 Å². The van der Waals surface area contributed by atoms with Crippen LogP contribution in [0.5, 0.6) is 5.75 Å². The number of alkyl carbamates (subject to hydrolysis) is 1. The Kier molecular flexibility index (Phi) is 6.91. The van der Waals surface area contributed by atoms with Crippen LogP contribution in [0.4, 0.5) is 10.5 Å². The van der Waals surface area contributed by atoms with Gasteiger partial charge in [-0.3, -0.25) is 4.79 Å². The van der Waals surface area contributed by atoms with Gasteiger partial charge in [0.15, 0.2) is 0 Å². The number of rotatable bonds is 5. The molecule has 0 aromatic heterocycles. The first-order valence-electron chi connectivity index (χ1n) is 8.78. The fraction of sp³-hybridized carbons (Fsp3) is 0.333. The lowest BCUT2D eigenvalue weighted by molar-refractivity contribution is 0.0523. The number of nitrogens with one attached hydrogen (secondary N) is 1. The van der Waals surface area contributed by atoms with E-state index in [9.17, 15) is 9.59 Å². The summed E-state index contributed by atoms with van der Waals surface area (Å²) in [5.74, 6) is 0.352. The van der Waals surface area contributed by atoms with E-state index in [0.717, 1.165) is 5.56 Å². The Balaban J connectivity index is 2.05. The lowest BCUT2D eigenvalue weighted by Gasteiger charge is -2.21. The summed E-state index contributed by atoms with van der Waals surface area (Å²) in [4.78, 5) is 26.0. The van der Waals surface area contributed by atoms with Crippen LogP contribution in [0.3, 0.4) is 0 Å². The summed E-state index contributed by atoms with van der Waals surface area (Å²) in [6, 6.07) is 12.1. The Hall–Kier alpha value is -2.73. The van der Waals surface area contributed by atoms with Gasteiger partial charge in [-0.15, -0.1) is 0 Å². The van der Waals surface area contributed by atoms with Crippen LogP contribution in [0.25, 0.3) is 0 Å². The molecule has 6 nitrogen and oxygen atoms in total. The third kappa shape index (κ3) is 5.89. The van der Waals surface area contributed by atoms with Gasteiger partial charge in [-0.1, -0.05) is 23.7 Å². The maximum Gasteiger partial charge on any atom is 0.407 e. The van der Waals surface area contributed by atoms with Crippen LogP contribution in [0, 0.1) is 0 Å². The van der Waals surface area contributed by atoms with E-state index < -0.39 is 11.7 Å². The second-order valence-electron chi connectivity index (χ2n) is 7.23. The standard InChI is InChI=1S/C21H25ClN2O4/c1-21(2,3)28-20(26)23-13-14-6-8-15(9-7-14)19(25)24(4)17-12-16(22)10-11-18(17)27-5/h6-12H,13H2,1-5H3,(H,23,26). The number of amides is 2. The number of anilines is 1. The molecule has 0 saturated carbocycles. The molecular weight excluding hydrogens is 380 g/mol. The highest BCUT2D eigenvalue weighted by atomic mass is 35.5. The van der Waals surface area contributed by atoms with Crippen LogP contribution in [0.1, 0.15) is 36.7 Å². The molecule has 2 rings (SSSR count). The van der Waals surface area contributed by atoms with Crippen molar-refractivity contribution >= 4 is 29.3 Å². The van der Waals surface area contributed by atoms with E-state index in [1.807, 2.05) is 0 Å². The predicted molar refractivity (Wildman–Crippen MR) is 110 cm³/mol. The van der Waals surface area contributed by atoms with Crippen molar-refractivity contribution in [3.8, 4) is 5.75 Å². The number of carbonyl (C=O) groups is 2. The number of halogens is 1. The van der Waals surface area contributed by atoms with Gasteiger partial charge >= 0.3 is 6.09 Å². The maximum atomic E-state index is 12.8. The quantitative estimate of drug-likeness (QED) is 0.787. The highest BCUT2D eigenvalue weighted by Gasteiger charge is 2.18. The van der Waals surface area contributed by atoms with Crippen LogP contribution in [-0.2, 0) is 11.3 Å². The SMILES string of the molecule is COc1ccc(Cl)cc1N(C)C(=O)c1ccc(CNC(=O)OC(C)(C)C)cc1. The third-order valence-electron chi connectivity index (χ3n) is 3.84. The summed E-state index contributed by atoms with van der Waals surface area (Å²) in [5, 5.41) is 3.20. The van der Waals surface area contributed by atoms with Gasteiger partial charge < -0.3 is 19.7 Å². The highest BCUT2D eigenvalue weighted by Crippen LogP contribution is 2.31. The summed E-state index contributed by atoms with van der Waals surface area (Å²) in [7, 11) is 3.20. The number of hydrogen-bond acceptors (Lipinski definition) is 4. The minimum atomic E-state index is -0.549. The van der Waals surface area contributed by atoms with Crippen molar-refractivity contribution in [2.75, 3.05) is 19.1 Å². The Labute approximate surface area is 170 Å². The molecule has 7 heteroatoms. The third-order valence-corrected chi connectivity index (χ3v) is 4.08. The van der Waals surface area contributed by atoms with Crippen molar-refractivity contribution < 1.29 is 19.1 Å². The highest BCUT2D eigenvalue weighted by molar-refractivity contribution is 6.31. The lowest BCUT2D eigenvalue weighted by atomic mass is 10.1. The van der Waals surface area contributed by atoms with E-state index in [0.29, 0.717) is 28.6 Å². The molecule has 2 aromatic rings. The van der Waals surface area contributed by atoms with E-state index in [4.69, 9.17) is 21.1 Å². The molecule has 0 radical (unpaired) electrons. The molecule has 0 saturated heterocycles. The summed E-state index contributed by atoms with van der Waals surface area (Å²) >= 11 is 6.05. The van der Waals surface area contributed by atoms with Gasteiger partial charge in [0.25, 0.3) is 5.91 Å². The van der Waals surface area contributed by atoms with Gasteiger partial charge in [-0.05, 0) is 56.7 Å². The summed E-state index contributed by atoms with van der Waals surface area (Å²) in [5.41, 5.74) is 1.39. The summed E-state index contributed by atoms with van der Waals surface area (Å²) < 4.78 is 10.5. The number of ether oxygens (including phenoxy) is 2. The Morgan fingerprint density at radius 1 is 1.11 bits per heavy atom. The molecule has 0 aliphatic rings. The zero-order valence-electron chi connectivity index (χ0n) is 16.7. The van der Waals surface area contributed by atoms with Crippen molar-refractivity contribution in [3.05, 3.63) is 58.6 Å². The molecule has 0 aliphatic carbocycles. The molecule has 0 spiro atoms. The van der Waals surface area contributed by atoms with E-state index >= 15 is 0 Å². The summed E-state index contributed by atoms with van der Waals surface area (Å²) in [6.07, 6.45) is -0.486. The van der Waals surface area contributed by atoms with E-state index in [1.54, 1.807) is 70.3 Å². The van der Waals surface area contributed by atoms with Gasteiger partial charge in [0, 0.05) is 24.2 Å². The van der Waals surface area contributed by atoms with Gasteiger partial charge in [0.1, 0.15) is 11.4 Å². The Bertz CT molecular complexity index is 844. The molecule has 0 atom stereocenters. The van der Waals surface area contributed by atoms with Crippen LogP contribution < -0.4 is 15.0 Å². The molecule has 1 N–H and O–H groups in total. The average Bonchev–Trinajstić information content (AvgIpc) is 2.64. The van der Waals surface area contributed by atoms with Crippen molar-refractivity contribution in [2.24, 2.45) is 0 Å². The fourth-order valence-electron chi connectivity index (χ4n) is 2.48. The molecule has 150 valence electrons. The van der Waals surface area contributed by atoms with Crippen molar-refractivity contribution in [1.29, 1.82) is 0 Å². The zero-order valence-corrected chi connectivity index (χ0v) is 17.5. The Morgan fingerprint density at radius 2 is 1.75 bits per heavy atom. The van der Waals surface area contributed by atoms with E-state index in [1.165, 1.54) is 12.0 Å². The normalized spacial score (nSPS) is 10.9. The summed E-state index contributed by atoms with van der Waals surface area (Å²) in [6.45, 7) is 5.72. The molecule has 0 aliphatic heterocycles. The molecule has 2 aromatic carbocycles. The monoisotopic (exact) mass is 404 g/mol. The minimum Gasteiger partial charge on any atom is -0.495 e. The average molecular weight is 405 g/mol. The van der Waals surface area contributed by atoms with Gasteiger partial charge in [0.2, 0.25) is 0 Å².